The second kappa shape index (κ2) is 6.15. The summed E-state index contributed by atoms with van der Waals surface area (Å²) in [6, 6.07) is 3.43. The molecule has 2 N–H and O–H groups in total. The monoisotopic (exact) mass is 382 g/mol. The molecule has 4 rings (SSSR count). The van der Waals surface area contributed by atoms with Crippen LogP contribution in [0.1, 0.15) is 31.2 Å². The third-order valence-electron chi connectivity index (χ3n) is 5.99. The molecule has 3 aliphatic rings. The normalized spacial score (nSPS) is 30.8. The van der Waals surface area contributed by atoms with E-state index in [0.717, 1.165) is 24.8 Å². The minimum Gasteiger partial charge on any atom is -0.396 e. The molecule has 0 bridgehead atoms. The fourth-order valence-corrected chi connectivity index (χ4v) is 4.86. The van der Waals surface area contributed by atoms with Gasteiger partial charge in [0.25, 0.3) is 0 Å². The predicted molar refractivity (Wildman–Crippen MR) is 95.9 cm³/mol. The number of nitrogens with one attached hydrogen (secondary N) is 1. The van der Waals surface area contributed by atoms with E-state index in [1.165, 1.54) is 0 Å². The van der Waals surface area contributed by atoms with Crippen LogP contribution in [-0.4, -0.2) is 41.5 Å². The Kier molecular flexibility index (Phi) is 4.21. The summed E-state index contributed by atoms with van der Waals surface area (Å²) in [4.78, 5) is 27.4. The zero-order chi connectivity index (χ0) is 17.8. The molecule has 1 unspecified atom stereocenters. The van der Waals surface area contributed by atoms with Crippen molar-refractivity contribution in [2.45, 2.75) is 31.1 Å². The number of anilines is 1. The van der Waals surface area contributed by atoms with Crippen LogP contribution in [0.5, 0.6) is 0 Å². The zero-order valence-corrected chi connectivity index (χ0v) is 15.2. The van der Waals surface area contributed by atoms with Crippen molar-refractivity contribution >= 4 is 40.7 Å². The number of halogens is 2. The molecule has 134 valence electrons. The Morgan fingerprint density at radius 3 is 2.80 bits per heavy atom. The summed E-state index contributed by atoms with van der Waals surface area (Å²) < 4.78 is 0. The van der Waals surface area contributed by atoms with Crippen molar-refractivity contribution in [1.29, 1.82) is 0 Å². The van der Waals surface area contributed by atoms with E-state index in [1.54, 1.807) is 12.1 Å². The van der Waals surface area contributed by atoms with Gasteiger partial charge >= 0.3 is 0 Å². The highest BCUT2D eigenvalue weighted by molar-refractivity contribution is 6.42. The van der Waals surface area contributed by atoms with Gasteiger partial charge in [0.1, 0.15) is 0 Å². The number of amides is 2. The molecule has 7 heteroatoms. The summed E-state index contributed by atoms with van der Waals surface area (Å²) in [7, 11) is 0. The summed E-state index contributed by atoms with van der Waals surface area (Å²) in [6.07, 6.45) is 3.04. The van der Waals surface area contributed by atoms with Gasteiger partial charge < -0.3 is 15.3 Å². The lowest BCUT2D eigenvalue weighted by molar-refractivity contribution is -0.134. The van der Waals surface area contributed by atoms with E-state index < -0.39 is 5.41 Å². The van der Waals surface area contributed by atoms with Crippen LogP contribution in [0.2, 0.25) is 10.0 Å². The van der Waals surface area contributed by atoms with Crippen LogP contribution < -0.4 is 5.32 Å². The SMILES string of the molecule is O=C(C1CC[C@H](CO)C1)N1CC[C@]2(C1)C(=O)Nc1cc(Cl)c(Cl)cc12. The van der Waals surface area contributed by atoms with Crippen molar-refractivity contribution in [2.75, 3.05) is 25.0 Å². The maximum absolute atomic E-state index is 12.9. The molecule has 3 atom stereocenters. The zero-order valence-electron chi connectivity index (χ0n) is 13.7. The fourth-order valence-electron chi connectivity index (χ4n) is 4.54. The molecule has 1 aliphatic carbocycles. The average molecular weight is 383 g/mol. The topological polar surface area (TPSA) is 69.6 Å². The van der Waals surface area contributed by atoms with Gasteiger partial charge in [0.05, 0.1) is 15.5 Å². The highest BCUT2D eigenvalue weighted by Gasteiger charge is 2.53. The molecule has 1 aromatic carbocycles. The highest BCUT2D eigenvalue weighted by Crippen LogP contribution is 2.47. The molecule has 1 spiro atoms. The quantitative estimate of drug-likeness (QED) is 0.825. The van der Waals surface area contributed by atoms with E-state index in [2.05, 4.69) is 5.32 Å². The fraction of sp³-hybridized carbons (Fsp3) is 0.556. The first-order valence-corrected chi connectivity index (χ1v) is 9.41. The summed E-state index contributed by atoms with van der Waals surface area (Å²) in [5, 5.41) is 13.0. The maximum atomic E-state index is 12.9. The molecule has 1 saturated heterocycles. The maximum Gasteiger partial charge on any atom is 0.237 e. The molecule has 25 heavy (non-hydrogen) atoms. The molecule has 2 aliphatic heterocycles. The van der Waals surface area contributed by atoms with E-state index in [4.69, 9.17) is 23.2 Å². The van der Waals surface area contributed by atoms with Crippen LogP contribution in [0.25, 0.3) is 0 Å². The lowest BCUT2D eigenvalue weighted by Crippen LogP contribution is -2.40. The second-order valence-corrected chi connectivity index (χ2v) is 8.23. The first kappa shape index (κ1) is 17.1. The number of hydrogen-bond donors (Lipinski definition) is 2. The molecule has 2 heterocycles. The number of nitrogens with zero attached hydrogens (tertiary/aromatic N) is 1. The third kappa shape index (κ3) is 2.64. The number of likely N-dealkylation sites (tertiary alicyclic amines) is 1. The van der Waals surface area contributed by atoms with E-state index in [9.17, 15) is 14.7 Å². The van der Waals surface area contributed by atoms with Crippen LogP contribution in [0, 0.1) is 11.8 Å². The number of benzene rings is 1. The van der Waals surface area contributed by atoms with Gasteiger partial charge in [0.2, 0.25) is 11.8 Å². The number of aliphatic hydroxyl groups is 1. The number of carbonyl (C=O) groups excluding carboxylic acids is 2. The van der Waals surface area contributed by atoms with Gasteiger partial charge in [-0.05, 0) is 49.3 Å². The number of aliphatic hydroxyl groups excluding tert-OH is 1. The summed E-state index contributed by atoms with van der Waals surface area (Å²) >= 11 is 12.2. The van der Waals surface area contributed by atoms with Gasteiger partial charge in [-0.2, -0.15) is 0 Å². The Morgan fingerprint density at radius 1 is 1.32 bits per heavy atom. The molecule has 0 radical (unpaired) electrons. The van der Waals surface area contributed by atoms with Gasteiger partial charge in [-0.25, -0.2) is 0 Å². The molecule has 2 amide bonds. The Morgan fingerprint density at radius 2 is 2.08 bits per heavy atom. The molecule has 0 aromatic heterocycles. The van der Waals surface area contributed by atoms with Crippen molar-refractivity contribution in [3.8, 4) is 0 Å². The lowest BCUT2D eigenvalue weighted by atomic mass is 9.81. The summed E-state index contributed by atoms with van der Waals surface area (Å²) in [5.41, 5.74) is 0.797. The van der Waals surface area contributed by atoms with Crippen molar-refractivity contribution < 1.29 is 14.7 Å². The van der Waals surface area contributed by atoms with Crippen LogP contribution in [0.3, 0.4) is 0 Å². The lowest BCUT2D eigenvalue weighted by Gasteiger charge is -2.24. The Labute approximate surface area is 156 Å². The third-order valence-corrected chi connectivity index (χ3v) is 6.71. The Hall–Kier alpha value is -1.30. The van der Waals surface area contributed by atoms with Crippen LogP contribution in [0.4, 0.5) is 5.69 Å². The second-order valence-electron chi connectivity index (χ2n) is 7.42. The van der Waals surface area contributed by atoms with Crippen molar-refractivity contribution in [3.05, 3.63) is 27.7 Å². The van der Waals surface area contributed by atoms with E-state index in [0.29, 0.717) is 35.2 Å². The minimum atomic E-state index is -0.728. The van der Waals surface area contributed by atoms with E-state index >= 15 is 0 Å². The molecule has 1 saturated carbocycles. The van der Waals surface area contributed by atoms with E-state index in [-0.39, 0.29) is 30.3 Å². The van der Waals surface area contributed by atoms with Gasteiger partial charge in [-0.1, -0.05) is 23.2 Å². The number of hydrogen-bond acceptors (Lipinski definition) is 3. The molecular weight excluding hydrogens is 363 g/mol. The van der Waals surface area contributed by atoms with Crippen molar-refractivity contribution in [1.82, 2.24) is 4.90 Å². The largest absolute Gasteiger partial charge is 0.396 e. The van der Waals surface area contributed by atoms with E-state index in [1.807, 2.05) is 4.90 Å². The first-order chi connectivity index (χ1) is 11.9. The molecule has 2 fully saturated rings. The molecular formula is C18H20Cl2N2O3. The molecule has 1 aromatic rings. The average Bonchev–Trinajstić information content (AvgIpc) is 3.29. The van der Waals surface area contributed by atoms with Crippen LogP contribution in [-0.2, 0) is 15.0 Å². The number of fused-ring (bicyclic) bond motifs is 2. The highest BCUT2D eigenvalue weighted by atomic mass is 35.5. The molecule has 5 nitrogen and oxygen atoms in total. The van der Waals surface area contributed by atoms with Gasteiger partial charge in [-0.15, -0.1) is 0 Å². The van der Waals surface area contributed by atoms with Crippen molar-refractivity contribution in [2.24, 2.45) is 11.8 Å². The van der Waals surface area contributed by atoms with Gasteiger partial charge in [0.15, 0.2) is 0 Å². The van der Waals surface area contributed by atoms with Crippen molar-refractivity contribution in [3.63, 3.8) is 0 Å². The standard InChI is InChI=1S/C18H20Cl2N2O3/c19-13-6-12-15(7-14(13)20)21-17(25)18(12)3-4-22(9-18)16(24)11-2-1-10(5-11)8-23/h6-7,10-11,23H,1-5,8-9H2,(H,21,25)/t10-,11?,18+/m0/s1. The Balaban J connectivity index is 1.57. The van der Waals surface area contributed by atoms with Gasteiger partial charge in [-0.3, -0.25) is 9.59 Å². The predicted octanol–water partition coefficient (Wildman–Crippen LogP) is 2.82. The van der Waals surface area contributed by atoms with Crippen LogP contribution in [0.15, 0.2) is 12.1 Å². The van der Waals surface area contributed by atoms with Gasteiger partial charge in [0, 0.05) is 31.3 Å². The number of rotatable bonds is 2. The number of carbonyl (C=O) groups is 2. The van der Waals surface area contributed by atoms with Crippen LogP contribution >= 0.6 is 23.2 Å². The smallest absolute Gasteiger partial charge is 0.237 e. The Bertz CT molecular complexity index is 754. The first-order valence-electron chi connectivity index (χ1n) is 8.65. The summed E-state index contributed by atoms with van der Waals surface area (Å²) in [6.45, 7) is 1.08. The minimum absolute atomic E-state index is 0.0370. The summed E-state index contributed by atoms with van der Waals surface area (Å²) in [5.74, 6) is 0.205.